The number of nitrogens with zero attached hydrogens (tertiary/aromatic N) is 1. The van der Waals surface area contributed by atoms with Gasteiger partial charge in [0, 0.05) is 5.69 Å². The lowest BCUT2D eigenvalue weighted by atomic mass is 9.95. The first-order valence-electron chi connectivity index (χ1n) is 11.2. The Labute approximate surface area is 189 Å². The van der Waals surface area contributed by atoms with Gasteiger partial charge in [-0.05, 0) is 78.3 Å². The Morgan fingerprint density at radius 1 is 0.594 bits per heavy atom. The molecule has 0 radical (unpaired) electrons. The monoisotopic (exact) mass is 418 g/mol. The van der Waals surface area contributed by atoms with E-state index in [0.717, 1.165) is 48.3 Å². The highest BCUT2D eigenvalue weighted by Crippen LogP contribution is 2.28. The molecule has 3 heteroatoms. The van der Waals surface area contributed by atoms with Gasteiger partial charge in [0.2, 0.25) is 0 Å². The number of anilines is 3. The maximum absolute atomic E-state index is 13.6. The third kappa shape index (κ3) is 4.42. The molecule has 4 bridgehead atoms. The van der Waals surface area contributed by atoms with Gasteiger partial charge in [-0.15, -0.1) is 0 Å². The lowest BCUT2D eigenvalue weighted by Gasteiger charge is -2.24. The van der Waals surface area contributed by atoms with Crippen LogP contribution < -0.4 is 10.2 Å². The summed E-state index contributed by atoms with van der Waals surface area (Å²) in [4.78, 5) is 15.3. The van der Waals surface area contributed by atoms with Crippen LogP contribution in [-0.2, 0) is 25.7 Å². The van der Waals surface area contributed by atoms with Gasteiger partial charge in [-0.25, -0.2) is 4.79 Å². The number of hydrogen-bond donors (Lipinski definition) is 1. The van der Waals surface area contributed by atoms with Gasteiger partial charge in [0.1, 0.15) is 0 Å². The first kappa shape index (κ1) is 20.1. The molecule has 0 unspecified atom stereocenters. The molecule has 4 aromatic rings. The molecule has 0 aliphatic heterocycles. The molecule has 0 spiro atoms. The second kappa shape index (κ2) is 9.11. The average Bonchev–Trinajstić information content (AvgIpc) is 2.83. The molecule has 8 rings (SSSR count). The van der Waals surface area contributed by atoms with Crippen molar-refractivity contribution in [3.63, 3.8) is 0 Å². The van der Waals surface area contributed by atoms with Crippen molar-refractivity contribution < 1.29 is 4.79 Å². The zero-order valence-electron chi connectivity index (χ0n) is 18.0. The Morgan fingerprint density at radius 3 is 1.69 bits per heavy atom. The zero-order valence-corrected chi connectivity index (χ0v) is 18.0. The van der Waals surface area contributed by atoms with Gasteiger partial charge < -0.3 is 5.32 Å². The highest BCUT2D eigenvalue weighted by molar-refractivity contribution is 6.07. The summed E-state index contributed by atoms with van der Waals surface area (Å²) in [5.74, 6) is 0. The molecule has 0 heterocycles. The summed E-state index contributed by atoms with van der Waals surface area (Å²) in [6, 6.07) is 34.9. The van der Waals surface area contributed by atoms with Crippen LogP contribution >= 0.6 is 0 Å². The number of amides is 2. The summed E-state index contributed by atoms with van der Waals surface area (Å²) >= 11 is 0. The molecule has 0 fully saturated rings. The first-order chi connectivity index (χ1) is 15.8. The van der Waals surface area contributed by atoms with Crippen molar-refractivity contribution in [2.45, 2.75) is 25.7 Å². The lowest BCUT2D eigenvalue weighted by molar-refractivity contribution is 0.259. The van der Waals surface area contributed by atoms with Crippen LogP contribution in [0.3, 0.4) is 0 Å². The van der Waals surface area contributed by atoms with Crippen LogP contribution in [-0.4, -0.2) is 6.03 Å². The topological polar surface area (TPSA) is 32.3 Å². The van der Waals surface area contributed by atoms with Crippen molar-refractivity contribution in [1.29, 1.82) is 0 Å². The first-order valence-corrected chi connectivity index (χ1v) is 11.2. The Balaban J connectivity index is 1.47. The third-order valence-electron chi connectivity index (χ3n) is 6.06. The number of nitrogens with one attached hydrogen (secondary N) is 1. The van der Waals surface area contributed by atoms with Crippen LogP contribution in [0.1, 0.15) is 22.3 Å². The standard InChI is InChI=1S/C29H26N2O/c32-29(31(26-7-3-1-4-8-26)27-9-5-2-6-10-27)30-28-21-24-16-15-22-11-13-23(14-12-22)17-19-25(28)20-18-24/h1-14,18,20-21H,15-17,19H2,(H,30,32). The van der Waals surface area contributed by atoms with Crippen molar-refractivity contribution in [3.05, 3.63) is 125 Å². The van der Waals surface area contributed by atoms with Gasteiger partial charge in [-0.1, -0.05) is 72.8 Å². The summed E-state index contributed by atoms with van der Waals surface area (Å²) in [6.07, 6.45) is 3.77. The minimum atomic E-state index is -0.156. The second-order valence-electron chi connectivity index (χ2n) is 8.24. The van der Waals surface area contributed by atoms with E-state index in [1.54, 1.807) is 4.90 Å². The van der Waals surface area contributed by atoms with E-state index < -0.39 is 0 Å². The SMILES string of the molecule is O=C(Nc1cc2ccc1CCc1ccc(cc1)CC2)N(c1ccccc1)c1ccccc1. The number of aryl methyl sites for hydroxylation is 4. The van der Waals surface area contributed by atoms with Crippen LogP contribution in [0.5, 0.6) is 0 Å². The molecule has 4 aliphatic rings. The van der Waals surface area contributed by atoms with E-state index in [1.807, 2.05) is 60.7 Å². The summed E-state index contributed by atoms with van der Waals surface area (Å²) in [6.45, 7) is 0. The van der Waals surface area contributed by atoms with Gasteiger partial charge in [0.15, 0.2) is 0 Å². The number of carbonyl (C=O) groups is 1. The van der Waals surface area contributed by atoms with Crippen molar-refractivity contribution in [1.82, 2.24) is 0 Å². The Hall–Kier alpha value is -3.85. The van der Waals surface area contributed by atoms with Crippen molar-refractivity contribution in [2.24, 2.45) is 0 Å². The van der Waals surface area contributed by atoms with Crippen LogP contribution in [0, 0.1) is 0 Å². The maximum Gasteiger partial charge on any atom is 0.330 e. The Morgan fingerprint density at radius 2 is 1.09 bits per heavy atom. The fourth-order valence-electron chi connectivity index (χ4n) is 4.26. The molecule has 32 heavy (non-hydrogen) atoms. The van der Waals surface area contributed by atoms with Crippen LogP contribution in [0.2, 0.25) is 0 Å². The van der Waals surface area contributed by atoms with E-state index in [9.17, 15) is 4.79 Å². The number of hydrogen-bond acceptors (Lipinski definition) is 1. The van der Waals surface area contributed by atoms with Gasteiger partial charge >= 0.3 is 6.03 Å². The van der Waals surface area contributed by atoms with Crippen molar-refractivity contribution in [2.75, 3.05) is 10.2 Å². The highest BCUT2D eigenvalue weighted by atomic mass is 16.2. The fraction of sp³-hybridized carbons (Fsp3) is 0.138. The van der Waals surface area contributed by atoms with Crippen LogP contribution in [0.25, 0.3) is 0 Å². The smallest absolute Gasteiger partial charge is 0.307 e. The van der Waals surface area contributed by atoms with E-state index in [0.29, 0.717) is 0 Å². The highest BCUT2D eigenvalue weighted by Gasteiger charge is 2.19. The molecule has 4 aromatic carbocycles. The van der Waals surface area contributed by atoms with E-state index in [4.69, 9.17) is 0 Å². The quantitative estimate of drug-likeness (QED) is 0.384. The number of rotatable bonds is 3. The molecular formula is C29H26N2O. The Kier molecular flexibility index (Phi) is 5.71. The van der Waals surface area contributed by atoms with E-state index in [2.05, 4.69) is 47.8 Å². The van der Waals surface area contributed by atoms with Gasteiger partial charge in [-0.2, -0.15) is 0 Å². The summed E-state index contributed by atoms with van der Waals surface area (Å²) < 4.78 is 0. The van der Waals surface area contributed by atoms with Crippen LogP contribution in [0.4, 0.5) is 21.9 Å². The molecule has 2 amide bonds. The fourth-order valence-corrected chi connectivity index (χ4v) is 4.26. The molecule has 0 saturated heterocycles. The van der Waals surface area contributed by atoms with Crippen molar-refractivity contribution in [3.8, 4) is 0 Å². The largest absolute Gasteiger partial charge is 0.330 e. The van der Waals surface area contributed by atoms with E-state index in [1.165, 1.54) is 16.7 Å². The van der Waals surface area contributed by atoms with Gasteiger partial charge in [-0.3, -0.25) is 4.90 Å². The molecule has 4 aliphatic carbocycles. The van der Waals surface area contributed by atoms with Gasteiger partial charge in [0.25, 0.3) is 0 Å². The number of urea groups is 1. The average molecular weight is 419 g/mol. The summed E-state index contributed by atoms with van der Waals surface area (Å²) in [5, 5.41) is 3.23. The number of para-hydroxylation sites is 2. The predicted octanol–water partition coefficient (Wildman–Crippen LogP) is 6.94. The van der Waals surface area contributed by atoms with E-state index >= 15 is 0 Å². The van der Waals surface area contributed by atoms with Crippen molar-refractivity contribution >= 4 is 23.1 Å². The molecule has 1 N–H and O–H groups in total. The minimum absolute atomic E-state index is 0.156. The maximum atomic E-state index is 13.6. The lowest BCUT2D eigenvalue weighted by Crippen LogP contribution is -2.31. The molecule has 3 nitrogen and oxygen atoms in total. The Bertz CT molecular complexity index is 1160. The minimum Gasteiger partial charge on any atom is -0.307 e. The predicted molar refractivity (Wildman–Crippen MR) is 132 cm³/mol. The number of carbonyl (C=O) groups excluding carboxylic acids is 1. The molecule has 158 valence electrons. The normalized spacial score (nSPS) is 12.6. The zero-order chi connectivity index (χ0) is 21.8. The molecule has 0 aromatic heterocycles. The van der Waals surface area contributed by atoms with E-state index in [-0.39, 0.29) is 6.03 Å². The summed E-state index contributed by atoms with van der Waals surface area (Å²) in [5.41, 5.74) is 7.65. The van der Waals surface area contributed by atoms with Gasteiger partial charge in [0.05, 0.1) is 11.4 Å². The van der Waals surface area contributed by atoms with Crippen LogP contribution in [0.15, 0.2) is 103 Å². The molecular weight excluding hydrogens is 392 g/mol. The third-order valence-corrected chi connectivity index (χ3v) is 6.06. The summed E-state index contributed by atoms with van der Waals surface area (Å²) in [7, 11) is 0. The number of benzene rings is 4. The molecule has 0 saturated carbocycles. The molecule has 0 atom stereocenters. The second-order valence-corrected chi connectivity index (χ2v) is 8.24.